The number of aliphatic hydroxyl groups is 1. The van der Waals surface area contributed by atoms with Crippen molar-refractivity contribution < 1.29 is 9.84 Å². The van der Waals surface area contributed by atoms with Gasteiger partial charge in [-0.2, -0.15) is 0 Å². The molecule has 2 aliphatic rings. The average Bonchev–Trinajstić information content (AvgIpc) is 2.82. The number of aryl methyl sites for hydroxylation is 1. The van der Waals surface area contributed by atoms with E-state index in [1.54, 1.807) is 0 Å². The van der Waals surface area contributed by atoms with E-state index in [0.29, 0.717) is 6.04 Å². The molecule has 22 heavy (non-hydrogen) atoms. The molecule has 0 amide bonds. The summed E-state index contributed by atoms with van der Waals surface area (Å²) in [5, 5.41) is 11.2. The Kier molecular flexibility index (Phi) is 3.12. The predicted octanol–water partition coefficient (Wildman–Crippen LogP) is 2.16. The van der Waals surface area contributed by atoms with Gasteiger partial charge in [0.1, 0.15) is 5.60 Å². The Bertz CT molecular complexity index is 736. The van der Waals surface area contributed by atoms with Crippen molar-refractivity contribution in [1.29, 1.82) is 0 Å². The van der Waals surface area contributed by atoms with Crippen molar-refractivity contribution in [2.45, 2.75) is 37.5 Å². The normalized spacial score (nSPS) is 28.1. The Balaban J connectivity index is 2.07. The summed E-state index contributed by atoms with van der Waals surface area (Å²) in [7, 11) is 6.11. The van der Waals surface area contributed by atoms with Gasteiger partial charge in [-0.3, -0.25) is 4.90 Å². The van der Waals surface area contributed by atoms with Gasteiger partial charge in [0.05, 0.1) is 6.61 Å². The van der Waals surface area contributed by atoms with Crippen molar-refractivity contribution in [3.63, 3.8) is 0 Å². The van der Waals surface area contributed by atoms with Gasteiger partial charge in [0, 0.05) is 36.8 Å². The molecule has 1 fully saturated rings. The molecule has 2 heterocycles. The molecule has 0 unspecified atom stereocenters. The van der Waals surface area contributed by atoms with Crippen LogP contribution in [0, 0.1) is 0 Å². The smallest absolute Gasteiger partial charge is 0.109 e. The van der Waals surface area contributed by atoms with Gasteiger partial charge in [-0.1, -0.05) is 12.1 Å². The van der Waals surface area contributed by atoms with Crippen LogP contribution in [0.5, 0.6) is 0 Å². The number of rotatable bonds is 2. The zero-order valence-corrected chi connectivity index (χ0v) is 13.6. The van der Waals surface area contributed by atoms with Gasteiger partial charge < -0.3 is 14.4 Å². The Morgan fingerprint density at radius 3 is 2.91 bits per heavy atom. The van der Waals surface area contributed by atoms with E-state index in [1.165, 1.54) is 22.0 Å². The number of benzene rings is 1. The van der Waals surface area contributed by atoms with Gasteiger partial charge in [-0.15, -0.1) is 0 Å². The van der Waals surface area contributed by atoms with E-state index >= 15 is 0 Å². The van der Waals surface area contributed by atoms with Crippen molar-refractivity contribution in [3.05, 3.63) is 35.0 Å². The number of likely N-dealkylation sites (tertiary alicyclic amines) is 1. The molecule has 1 aromatic heterocycles. The number of likely N-dealkylation sites (N-methyl/N-ethyl adjacent to an activating group) is 1. The second-order valence-corrected chi connectivity index (χ2v) is 6.74. The molecular weight excluding hydrogens is 276 g/mol. The van der Waals surface area contributed by atoms with Crippen LogP contribution in [-0.4, -0.2) is 41.3 Å². The number of piperidine rings is 1. The Morgan fingerprint density at radius 1 is 1.36 bits per heavy atom. The molecule has 0 spiro atoms. The minimum Gasteiger partial charge on any atom is -0.390 e. The van der Waals surface area contributed by atoms with Crippen LogP contribution in [0.1, 0.15) is 29.7 Å². The minimum absolute atomic E-state index is 0.0936. The molecule has 1 aliphatic carbocycles. The van der Waals surface area contributed by atoms with Gasteiger partial charge in [-0.25, -0.2) is 0 Å². The lowest BCUT2D eigenvalue weighted by Gasteiger charge is -2.50. The van der Waals surface area contributed by atoms with Crippen LogP contribution in [0.4, 0.5) is 0 Å². The van der Waals surface area contributed by atoms with Crippen molar-refractivity contribution in [2.24, 2.45) is 7.05 Å². The molecule has 0 radical (unpaired) electrons. The SMILES string of the molecule is CO[C@]12CCCN(C)[C@@H]1Cc1c(CO)n(C)c3cccc2c13. The second-order valence-electron chi connectivity index (χ2n) is 6.74. The summed E-state index contributed by atoms with van der Waals surface area (Å²) in [6, 6.07) is 6.84. The number of hydrogen-bond donors (Lipinski definition) is 1. The van der Waals surface area contributed by atoms with Crippen molar-refractivity contribution in [2.75, 3.05) is 20.7 Å². The van der Waals surface area contributed by atoms with Crippen LogP contribution < -0.4 is 0 Å². The van der Waals surface area contributed by atoms with E-state index in [4.69, 9.17) is 4.74 Å². The topological polar surface area (TPSA) is 37.6 Å². The fourth-order valence-electron chi connectivity index (χ4n) is 4.85. The summed E-state index contributed by atoms with van der Waals surface area (Å²) in [5.41, 5.74) is 4.65. The lowest BCUT2D eigenvalue weighted by atomic mass is 9.71. The molecule has 0 bridgehead atoms. The third-order valence-corrected chi connectivity index (χ3v) is 5.96. The van der Waals surface area contributed by atoms with Gasteiger partial charge >= 0.3 is 0 Å². The van der Waals surface area contributed by atoms with Crippen molar-refractivity contribution in [3.8, 4) is 0 Å². The maximum Gasteiger partial charge on any atom is 0.109 e. The third-order valence-electron chi connectivity index (χ3n) is 5.96. The highest BCUT2D eigenvalue weighted by molar-refractivity contribution is 5.91. The van der Waals surface area contributed by atoms with Crippen molar-refractivity contribution >= 4 is 10.9 Å². The highest BCUT2D eigenvalue weighted by Crippen LogP contribution is 2.49. The second kappa shape index (κ2) is 4.82. The number of aromatic nitrogens is 1. The van der Waals surface area contributed by atoms with E-state index < -0.39 is 0 Å². The van der Waals surface area contributed by atoms with Gasteiger partial charge in [0.2, 0.25) is 0 Å². The third kappa shape index (κ3) is 1.58. The Hall–Kier alpha value is -1.36. The monoisotopic (exact) mass is 300 g/mol. The van der Waals surface area contributed by atoms with E-state index in [0.717, 1.165) is 31.5 Å². The van der Waals surface area contributed by atoms with E-state index in [2.05, 4.69) is 41.8 Å². The molecule has 1 N–H and O–H groups in total. The summed E-state index contributed by atoms with van der Waals surface area (Å²) in [5.74, 6) is 0. The summed E-state index contributed by atoms with van der Waals surface area (Å²) in [4.78, 5) is 2.43. The molecule has 1 aliphatic heterocycles. The van der Waals surface area contributed by atoms with E-state index in [-0.39, 0.29) is 12.2 Å². The number of hydrogen-bond acceptors (Lipinski definition) is 3. The largest absolute Gasteiger partial charge is 0.390 e. The standard InChI is InChI=1S/C18H24N2O2/c1-19-9-5-8-18(22-3)13-6-4-7-14-17(13)12(10-16(18)19)15(11-21)20(14)2/h4,6-7,16,21H,5,8-11H2,1-3H3/t16-,18+/m1/s1. The highest BCUT2D eigenvalue weighted by atomic mass is 16.5. The maximum absolute atomic E-state index is 9.86. The summed E-state index contributed by atoms with van der Waals surface area (Å²) < 4.78 is 8.32. The van der Waals surface area contributed by atoms with Crippen LogP contribution in [0.2, 0.25) is 0 Å². The number of methoxy groups -OCH3 is 1. The zero-order chi connectivity index (χ0) is 15.5. The first-order valence-electron chi connectivity index (χ1n) is 8.10. The zero-order valence-electron chi connectivity index (χ0n) is 13.6. The molecule has 0 saturated carbocycles. The highest BCUT2D eigenvalue weighted by Gasteiger charge is 2.49. The molecule has 118 valence electrons. The molecular formula is C18H24N2O2. The number of ether oxygens (including phenoxy) is 1. The predicted molar refractivity (Wildman–Crippen MR) is 86.9 cm³/mol. The molecule has 1 aromatic carbocycles. The van der Waals surface area contributed by atoms with E-state index in [1.807, 2.05) is 7.11 Å². The van der Waals surface area contributed by atoms with Crippen LogP contribution in [0.15, 0.2) is 18.2 Å². The first-order valence-corrected chi connectivity index (χ1v) is 8.10. The van der Waals surface area contributed by atoms with Crippen molar-refractivity contribution in [1.82, 2.24) is 9.47 Å². The fourth-order valence-corrected chi connectivity index (χ4v) is 4.85. The van der Waals surface area contributed by atoms with Crippen LogP contribution in [0.25, 0.3) is 10.9 Å². The summed E-state index contributed by atoms with van der Waals surface area (Å²) in [6.07, 6.45) is 3.18. The molecule has 2 atom stereocenters. The first-order chi connectivity index (χ1) is 10.6. The molecule has 4 rings (SSSR count). The number of fused-ring (bicyclic) bond motifs is 2. The average molecular weight is 300 g/mol. The van der Waals surface area contributed by atoms with E-state index in [9.17, 15) is 5.11 Å². The van der Waals surface area contributed by atoms with Crippen LogP contribution >= 0.6 is 0 Å². The maximum atomic E-state index is 9.86. The van der Waals surface area contributed by atoms with Crippen LogP contribution in [-0.2, 0) is 30.4 Å². The Morgan fingerprint density at radius 2 is 2.18 bits per heavy atom. The minimum atomic E-state index is -0.215. The summed E-state index contributed by atoms with van der Waals surface area (Å²) >= 11 is 0. The van der Waals surface area contributed by atoms with Crippen LogP contribution in [0.3, 0.4) is 0 Å². The summed E-state index contributed by atoms with van der Waals surface area (Å²) in [6.45, 7) is 1.21. The lowest BCUT2D eigenvalue weighted by molar-refractivity contribution is -0.108. The lowest BCUT2D eigenvalue weighted by Crippen LogP contribution is -2.56. The fraction of sp³-hybridized carbons (Fsp3) is 0.556. The van der Waals surface area contributed by atoms with Gasteiger partial charge in [0.15, 0.2) is 0 Å². The number of aliphatic hydroxyl groups excluding tert-OH is 1. The first kappa shape index (κ1) is 14.2. The molecule has 2 aromatic rings. The quantitative estimate of drug-likeness (QED) is 0.923. The Labute approximate surface area is 131 Å². The van der Waals surface area contributed by atoms with Gasteiger partial charge in [-0.05, 0) is 50.0 Å². The van der Waals surface area contributed by atoms with Gasteiger partial charge in [0.25, 0.3) is 0 Å². The number of nitrogens with zero attached hydrogens (tertiary/aromatic N) is 2. The molecule has 4 nitrogen and oxygen atoms in total. The molecule has 1 saturated heterocycles. The molecule has 4 heteroatoms.